The van der Waals surface area contributed by atoms with Crippen molar-refractivity contribution in [2.45, 2.75) is 65.5 Å². The Morgan fingerprint density at radius 2 is 2.00 bits per heavy atom. The summed E-state index contributed by atoms with van der Waals surface area (Å²) in [5.74, 6) is 1.88. The van der Waals surface area contributed by atoms with Crippen LogP contribution in [0.3, 0.4) is 0 Å². The fourth-order valence-electron chi connectivity index (χ4n) is 2.60. The smallest absolute Gasteiger partial charge is 0.00977 e. The lowest BCUT2D eigenvalue weighted by Gasteiger charge is -2.36. The summed E-state index contributed by atoms with van der Waals surface area (Å²) in [6, 6.07) is 1.44. The highest BCUT2D eigenvalue weighted by molar-refractivity contribution is 4.83. The van der Waals surface area contributed by atoms with Gasteiger partial charge in [-0.3, -0.25) is 0 Å². The van der Waals surface area contributed by atoms with Crippen molar-refractivity contribution in [3.63, 3.8) is 0 Å². The molecule has 0 aromatic rings. The third-order valence-corrected chi connectivity index (χ3v) is 3.32. The first-order chi connectivity index (χ1) is 6.13. The van der Waals surface area contributed by atoms with Gasteiger partial charge in [0.25, 0.3) is 0 Å². The molecule has 1 aliphatic rings. The largest absolute Gasteiger partial charge is 0.312 e. The Labute approximate surface area is 83.3 Å². The zero-order valence-electron chi connectivity index (χ0n) is 9.64. The van der Waals surface area contributed by atoms with Gasteiger partial charge in [0.2, 0.25) is 0 Å². The van der Waals surface area contributed by atoms with Crippen LogP contribution in [0.2, 0.25) is 0 Å². The van der Waals surface area contributed by atoms with Gasteiger partial charge in [-0.15, -0.1) is 0 Å². The van der Waals surface area contributed by atoms with E-state index in [2.05, 4.69) is 33.0 Å². The van der Waals surface area contributed by atoms with E-state index in [1.807, 2.05) is 0 Å². The lowest BCUT2D eigenvalue weighted by atomic mass is 9.77. The highest BCUT2D eigenvalue weighted by Gasteiger charge is 2.27. The first-order valence-electron chi connectivity index (χ1n) is 5.89. The van der Waals surface area contributed by atoms with Crippen molar-refractivity contribution in [1.82, 2.24) is 5.32 Å². The normalized spacial score (nSPS) is 35.3. The maximum absolute atomic E-state index is 3.70. The molecule has 0 aromatic carbocycles. The van der Waals surface area contributed by atoms with Crippen molar-refractivity contribution in [1.29, 1.82) is 0 Å². The molecule has 0 amide bonds. The predicted octanol–water partition coefficient (Wildman–Crippen LogP) is 3.20. The summed E-state index contributed by atoms with van der Waals surface area (Å²) in [6.07, 6.45) is 5.58. The standard InChI is InChI=1S/C12H25N/c1-5-11-8-10(4)6-7-12(11)13-9(2)3/h9-13H,5-8H2,1-4H3. The van der Waals surface area contributed by atoms with E-state index in [0.717, 1.165) is 17.9 Å². The lowest BCUT2D eigenvalue weighted by molar-refractivity contribution is 0.199. The van der Waals surface area contributed by atoms with Crippen molar-refractivity contribution in [3.8, 4) is 0 Å². The first-order valence-corrected chi connectivity index (χ1v) is 5.89. The van der Waals surface area contributed by atoms with Crippen molar-refractivity contribution in [2.75, 3.05) is 0 Å². The van der Waals surface area contributed by atoms with Crippen LogP contribution < -0.4 is 5.32 Å². The van der Waals surface area contributed by atoms with E-state index >= 15 is 0 Å². The summed E-state index contributed by atoms with van der Waals surface area (Å²) in [7, 11) is 0. The number of hydrogen-bond acceptors (Lipinski definition) is 1. The maximum Gasteiger partial charge on any atom is 0.00977 e. The fourth-order valence-corrected chi connectivity index (χ4v) is 2.60. The molecular formula is C12H25N. The molecule has 0 aromatic heterocycles. The van der Waals surface area contributed by atoms with Crippen molar-refractivity contribution < 1.29 is 0 Å². The highest BCUT2D eigenvalue weighted by atomic mass is 14.9. The van der Waals surface area contributed by atoms with E-state index in [1.165, 1.54) is 25.7 Å². The fraction of sp³-hybridized carbons (Fsp3) is 1.00. The van der Waals surface area contributed by atoms with Crippen molar-refractivity contribution in [2.24, 2.45) is 11.8 Å². The Morgan fingerprint density at radius 3 is 2.54 bits per heavy atom. The van der Waals surface area contributed by atoms with Gasteiger partial charge in [0.15, 0.2) is 0 Å². The monoisotopic (exact) mass is 183 g/mol. The van der Waals surface area contributed by atoms with Gasteiger partial charge in [0.05, 0.1) is 0 Å². The van der Waals surface area contributed by atoms with Gasteiger partial charge in [0.1, 0.15) is 0 Å². The maximum atomic E-state index is 3.70. The minimum absolute atomic E-state index is 0.646. The quantitative estimate of drug-likeness (QED) is 0.708. The molecule has 1 rings (SSSR count). The van der Waals surface area contributed by atoms with E-state index in [0.29, 0.717) is 6.04 Å². The second-order valence-corrected chi connectivity index (χ2v) is 5.01. The van der Waals surface area contributed by atoms with Gasteiger partial charge < -0.3 is 5.32 Å². The van der Waals surface area contributed by atoms with E-state index in [1.54, 1.807) is 0 Å². The molecule has 1 heteroatoms. The molecular weight excluding hydrogens is 158 g/mol. The zero-order valence-corrected chi connectivity index (χ0v) is 9.64. The second-order valence-electron chi connectivity index (χ2n) is 5.01. The van der Waals surface area contributed by atoms with Gasteiger partial charge in [-0.25, -0.2) is 0 Å². The average molecular weight is 183 g/mol. The Kier molecular flexibility index (Phi) is 4.24. The summed E-state index contributed by atoms with van der Waals surface area (Å²) in [4.78, 5) is 0. The number of hydrogen-bond donors (Lipinski definition) is 1. The summed E-state index contributed by atoms with van der Waals surface area (Å²) in [6.45, 7) is 9.24. The number of rotatable bonds is 3. The van der Waals surface area contributed by atoms with Crippen LogP contribution in [0.15, 0.2) is 0 Å². The third kappa shape index (κ3) is 3.30. The second kappa shape index (κ2) is 4.99. The van der Waals surface area contributed by atoms with Gasteiger partial charge >= 0.3 is 0 Å². The molecule has 78 valence electrons. The highest BCUT2D eigenvalue weighted by Crippen LogP contribution is 2.31. The molecule has 1 nitrogen and oxygen atoms in total. The Hall–Kier alpha value is -0.0400. The molecule has 3 atom stereocenters. The molecule has 0 aliphatic heterocycles. The van der Waals surface area contributed by atoms with E-state index in [9.17, 15) is 0 Å². The van der Waals surface area contributed by atoms with E-state index < -0.39 is 0 Å². The van der Waals surface area contributed by atoms with Crippen LogP contribution >= 0.6 is 0 Å². The van der Waals surface area contributed by atoms with Gasteiger partial charge in [-0.2, -0.15) is 0 Å². The first kappa shape index (κ1) is 11.0. The molecule has 0 bridgehead atoms. The van der Waals surface area contributed by atoms with Crippen LogP contribution in [-0.2, 0) is 0 Å². The van der Waals surface area contributed by atoms with Crippen LogP contribution in [0.5, 0.6) is 0 Å². The lowest BCUT2D eigenvalue weighted by Crippen LogP contribution is -2.43. The molecule has 1 aliphatic carbocycles. The van der Waals surface area contributed by atoms with Crippen LogP contribution in [0.25, 0.3) is 0 Å². The van der Waals surface area contributed by atoms with Crippen LogP contribution in [0.1, 0.15) is 53.4 Å². The molecule has 1 fully saturated rings. The van der Waals surface area contributed by atoms with E-state index in [-0.39, 0.29) is 0 Å². The average Bonchev–Trinajstić information content (AvgIpc) is 2.07. The van der Waals surface area contributed by atoms with Crippen LogP contribution in [0.4, 0.5) is 0 Å². The molecule has 0 radical (unpaired) electrons. The summed E-state index contributed by atoms with van der Waals surface area (Å²) in [5, 5.41) is 3.70. The molecule has 13 heavy (non-hydrogen) atoms. The topological polar surface area (TPSA) is 12.0 Å². The number of nitrogens with one attached hydrogen (secondary N) is 1. The molecule has 0 saturated heterocycles. The Balaban J connectivity index is 2.42. The molecule has 0 heterocycles. The van der Waals surface area contributed by atoms with Gasteiger partial charge in [-0.05, 0) is 31.1 Å². The predicted molar refractivity (Wildman–Crippen MR) is 58.9 cm³/mol. The zero-order chi connectivity index (χ0) is 9.84. The third-order valence-electron chi connectivity index (χ3n) is 3.32. The Morgan fingerprint density at radius 1 is 1.31 bits per heavy atom. The van der Waals surface area contributed by atoms with Crippen molar-refractivity contribution >= 4 is 0 Å². The van der Waals surface area contributed by atoms with Gasteiger partial charge in [-0.1, -0.05) is 34.1 Å². The van der Waals surface area contributed by atoms with E-state index in [4.69, 9.17) is 0 Å². The molecule has 1 saturated carbocycles. The molecule has 0 spiro atoms. The van der Waals surface area contributed by atoms with Crippen LogP contribution in [0, 0.1) is 11.8 Å². The minimum atomic E-state index is 0.646. The minimum Gasteiger partial charge on any atom is -0.312 e. The van der Waals surface area contributed by atoms with Crippen molar-refractivity contribution in [3.05, 3.63) is 0 Å². The summed E-state index contributed by atoms with van der Waals surface area (Å²) in [5.41, 5.74) is 0. The van der Waals surface area contributed by atoms with Gasteiger partial charge in [0, 0.05) is 12.1 Å². The summed E-state index contributed by atoms with van der Waals surface area (Å²) < 4.78 is 0. The Bertz CT molecular complexity index is 142. The molecule has 1 N–H and O–H groups in total. The molecule has 3 unspecified atom stereocenters. The SMILES string of the molecule is CCC1CC(C)CCC1NC(C)C. The summed E-state index contributed by atoms with van der Waals surface area (Å²) >= 11 is 0. The van der Waals surface area contributed by atoms with Crippen LogP contribution in [-0.4, -0.2) is 12.1 Å².